The van der Waals surface area contributed by atoms with Crippen LogP contribution < -0.4 is 15.4 Å². The highest BCUT2D eigenvalue weighted by Crippen LogP contribution is 2.38. The number of nitriles is 1. The third kappa shape index (κ3) is 12.1. The van der Waals surface area contributed by atoms with Gasteiger partial charge in [-0.3, -0.25) is 9.59 Å². The van der Waals surface area contributed by atoms with Crippen LogP contribution in [0, 0.1) is 41.2 Å². The van der Waals surface area contributed by atoms with E-state index in [1.54, 1.807) is 36.4 Å². The van der Waals surface area contributed by atoms with Crippen molar-refractivity contribution in [2.24, 2.45) is 11.3 Å². The first kappa shape index (κ1) is 38.2. The Labute approximate surface area is 265 Å². The van der Waals surface area contributed by atoms with Gasteiger partial charge in [0.1, 0.15) is 17.4 Å². The Balaban J connectivity index is 0.000000349. The lowest BCUT2D eigenvalue weighted by atomic mass is 9.79. The molecule has 0 radical (unpaired) electrons. The van der Waals surface area contributed by atoms with E-state index in [9.17, 15) is 23.6 Å². The molecule has 0 spiro atoms. The molecule has 2 N–H and O–H groups in total. The zero-order valence-corrected chi connectivity index (χ0v) is 27.6. The summed E-state index contributed by atoms with van der Waals surface area (Å²) in [4.78, 5) is 21.3. The standard InChI is InChI=1S/C16H20ClFN2.C10H11NO3.C7H7F.C2H6/c1-16(2,3)7-14-11(8-19)12(9-20-14)10-5-4-6-13(17)15(10)18;1-7(13)8-3-4-9(11-6-12)10(5-8)14-2;1-6-3-2-4-7(8)5-6;1-2/h4-6,11-12,14,20H,7,9H2,1-3H3;3-6H,1-2H3,(H,11,12);2-5H,1H3;1-2H3. The first-order chi connectivity index (χ1) is 20.8. The molecule has 3 unspecified atom stereocenters. The molecular formula is C35H44ClF2N3O3. The van der Waals surface area contributed by atoms with Gasteiger partial charge in [0.15, 0.2) is 5.78 Å². The van der Waals surface area contributed by atoms with Crippen molar-refractivity contribution in [3.05, 3.63) is 94.0 Å². The first-order valence-electron chi connectivity index (χ1n) is 14.5. The number of nitrogens with zero attached hydrogens (tertiary/aromatic N) is 1. The van der Waals surface area contributed by atoms with Crippen molar-refractivity contribution < 1.29 is 23.1 Å². The molecule has 238 valence electrons. The fraction of sp³-hybridized carbons (Fsp3) is 0.400. The van der Waals surface area contributed by atoms with Crippen molar-refractivity contribution in [3.8, 4) is 11.8 Å². The average Bonchev–Trinajstić information content (AvgIpc) is 3.37. The predicted octanol–water partition coefficient (Wildman–Crippen LogP) is 8.74. The highest BCUT2D eigenvalue weighted by atomic mass is 35.5. The number of carbonyl (C=O) groups is 2. The first-order valence-corrected chi connectivity index (χ1v) is 14.9. The maximum absolute atomic E-state index is 14.2. The molecule has 3 aromatic rings. The molecule has 4 rings (SSSR count). The average molecular weight is 628 g/mol. The number of methoxy groups -OCH3 is 1. The van der Waals surface area contributed by atoms with Gasteiger partial charge in [0.05, 0.1) is 29.8 Å². The Kier molecular flexibility index (Phi) is 16.3. The number of carbonyl (C=O) groups excluding carboxylic acids is 2. The van der Waals surface area contributed by atoms with E-state index in [1.807, 2.05) is 26.8 Å². The van der Waals surface area contributed by atoms with Crippen molar-refractivity contribution in [1.82, 2.24) is 5.32 Å². The number of ketones is 1. The van der Waals surface area contributed by atoms with E-state index in [1.165, 1.54) is 32.2 Å². The van der Waals surface area contributed by atoms with Crippen molar-refractivity contribution in [2.75, 3.05) is 19.0 Å². The normalized spacial score (nSPS) is 16.8. The molecule has 9 heteroatoms. The number of rotatable bonds is 6. The molecular weight excluding hydrogens is 584 g/mol. The van der Waals surface area contributed by atoms with E-state index >= 15 is 0 Å². The number of amides is 1. The monoisotopic (exact) mass is 627 g/mol. The van der Waals surface area contributed by atoms with Crippen molar-refractivity contribution in [3.63, 3.8) is 0 Å². The van der Waals surface area contributed by atoms with Crippen molar-refractivity contribution in [2.45, 2.75) is 66.8 Å². The van der Waals surface area contributed by atoms with Crippen LogP contribution in [0.25, 0.3) is 0 Å². The van der Waals surface area contributed by atoms with Gasteiger partial charge in [0.2, 0.25) is 6.41 Å². The highest BCUT2D eigenvalue weighted by Gasteiger charge is 2.39. The summed E-state index contributed by atoms with van der Waals surface area (Å²) in [6.45, 7) is 14.4. The maximum Gasteiger partial charge on any atom is 0.211 e. The summed E-state index contributed by atoms with van der Waals surface area (Å²) in [7, 11) is 1.48. The van der Waals surface area contributed by atoms with Crippen LogP contribution in [-0.4, -0.2) is 31.9 Å². The second-order valence-corrected chi connectivity index (χ2v) is 11.6. The van der Waals surface area contributed by atoms with E-state index in [0.29, 0.717) is 35.5 Å². The van der Waals surface area contributed by atoms with Crippen LogP contribution in [0.15, 0.2) is 60.7 Å². The highest BCUT2D eigenvalue weighted by molar-refractivity contribution is 6.30. The van der Waals surface area contributed by atoms with Gasteiger partial charge in [-0.15, -0.1) is 0 Å². The smallest absolute Gasteiger partial charge is 0.211 e. The van der Waals surface area contributed by atoms with Crippen LogP contribution in [0.5, 0.6) is 5.75 Å². The molecule has 0 saturated carbocycles. The lowest BCUT2D eigenvalue weighted by Gasteiger charge is -2.26. The number of benzene rings is 3. The predicted molar refractivity (Wildman–Crippen MR) is 174 cm³/mol. The largest absolute Gasteiger partial charge is 0.495 e. The maximum atomic E-state index is 14.2. The number of hydrogen-bond acceptors (Lipinski definition) is 5. The van der Waals surface area contributed by atoms with Gasteiger partial charge in [-0.05, 0) is 73.2 Å². The molecule has 0 aromatic heterocycles. The van der Waals surface area contributed by atoms with Crippen LogP contribution in [-0.2, 0) is 4.79 Å². The Hall–Kier alpha value is -3.80. The number of hydrogen-bond donors (Lipinski definition) is 2. The van der Waals surface area contributed by atoms with Crippen molar-refractivity contribution in [1.29, 1.82) is 5.26 Å². The van der Waals surface area contributed by atoms with Crippen LogP contribution in [0.1, 0.15) is 75.4 Å². The molecule has 44 heavy (non-hydrogen) atoms. The number of Topliss-reactive ketones (excluding diaryl/α,β-unsaturated/α-hetero) is 1. The van der Waals surface area contributed by atoms with Gasteiger partial charge in [0.25, 0.3) is 0 Å². The lowest BCUT2D eigenvalue weighted by Crippen LogP contribution is -2.31. The number of halogens is 3. The molecule has 1 aliphatic rings. The SMILES string of the molecule is CC.CC(C)(C)CC1NCC(c2cccc(Cl)c2F)C1C#N.COc1cc(C(C)=O)ccc1NC=O.Cc1cccc(F)c1. The number of anilines is 1. The molecule has 0 aliphatic carbocycles. The fourth-order valence-corrected chi connectivity index (χ4v) is 4.84. The van der Waals surface area contributed by atoms with Gasteiger partial charge in [-0.1, -0.05) is 70.5 Å². The fourth-order valence-electron chi connectivity index (χ4n) is 4.66. The second kappa shape index (κ2) is 18.8. The summed E-state index contributed by atoms with van der Waals surface area (Å²) >= 11 is 5.85. The lowest BCUT2D eigenvalue weighted by molar-refractivity contribution is -0.105. The molecule has 0 bridgehead atoms. The summed E-state index contributed by atoms with van der Waals surface area (Å²) < 4.78 is 31.3. The molecule has 1 aliphatic heterocycles. The third-order valence-electron chi connectivity index (χ3n) is 6.63. The topological polar surface area (TPSA) is 91.2 Å². The van der Waals surface area contributed by atoms with Crippen LogP contribution in [0.4, 0.5) is 14.5 Å². The molecule has 1 fully saturated rings. The van der Waals surface area contributed by atoms with Crippen LogP contribution in [0.2, 0.25) is 5.02 Å². The Morgan fingerprint density at radius 3 is 2.30 bits per heavy atom. The molecule has 1 saturated heterocycles. The summed E-state index contributed by atoms with van der Waals surface area (Å²) in [5.74, 6) is -0.471. The minimum absolute atomic E-state index is 0.0408. The molecule has 6 nitrogen and oxygen atoms in total. The van der Waals surface area contributed by atoms with Gasteiger partial charge >= 0.3 is 0 Å². The minimum atomic E-state index is -0.391. The molecule has 1 heterocycles. The summed E-state index contributed by atoms with van der Waals surface area (Å²) in [5.41, 5.74) is 2.75. The zero-order valence-electron chi connectivity index (χ0n) is 26.8. The quantitative estimate of drug-likeness (QED) is 0.211. The van der Waals surface area contributed by atoms with Crippen LogP contribution in [0.3, 0.4) is 0 Å². The van der Waals surface area contributed by atoms with E-state index in [-0.39, 0.29) is 39.9 Å². The van der Waals surface area contributed by atoms with E-state index in [0.717, 1.165) is 12.0 Å². The summed E-state index contributed by atoms with van der Waals surface area (Å²) in [5, 5.41) is 15.5. The second-order valence-electron chi connectivity index (χ2n) is 11.2. The Bertz CT molecular complexity index is 1390. The number of ether oxygens (including phenoxy) is 1. The summed E-state index contributed by atoms with van der Waals surface area (Å²) in [6.07, 6.45) is 1.45. The zero-order chi connectivity index (χ0) is 33.4. The van der Waals surface area contributed by atoms with E-state index in [4.69, 9.17) is 16.3 Å². The van der Waals surface area contributed by atoms with Gasteiger partial charge in [0, 0.05) is 24.1 Å². The third-order valence-corrected chi connectivity index (χ3v) is 6.92. The van der Waals surface area contributed by atoms with Gasteiger partial charge in [-0.2, -0.15) is 5.26 Å². The van der Waals surface area contributed by atoms with Gasteiger partial charge < -0.3 is 15.4 Å². The minimum Gasteiger partial charge on any atom is -0.495 e. The van der Waals surface area contributed by atoms with Gasteiger partial charge in [-0.25, -0.2) is 8.78 Å². The van der Waals surface area contributed by atoms with Crippen LogP contribution >= 0.6 is 11.6 Å². The summed E-state index contributed by atoms with van der Waals surface area (Å²) in [6, 6.07) is 18.8. The Morgan fingerprint density at radius 2 is 1.80 bits per heavy atom. The Morgan fingerprint density at radius 1 is 1.14 bits per heavy atom. The molecule has 3 aromatic carbocycles. The number of aryl methyl sites for hydroxylation is 1. The van der Waals surface area contributed by atoms with Crippen molar-refractivity contribution >= 4 is 29.5 Å². The molecule has 3 atom stereocenters. The van der Waals surface area contributed by atoms with E-state index in [2.05, 4.69) is 37.5 Å². The van der Waals surface area contributed by atoms with E-state index < -0.39 is 5.82 Å². The molecule has 1 amide bonds. The number of nitrogens with one attached hydrogen (secondary N) is 2.